The molecule has 0 spiro atoms. The minimum Gasteiger partial charge on any atom is -0.326 e. The topological polar surface area (TPSA) is 29.1 Å². The SMILES string of the molecule is C/C=C(/C)Cc1ccc(NC(C)=O)cc1.[HH]. The Morgan fingerprint density at radius 3 is 2.40 bits per heavy atom. The molecule has 1 amide bonds. The van der Waals surface area contributed by atoms with Crippen LogP contribution >= 0.6 is 0 Å². The van der Waals surface area contributed by atoms with Gasteiger partial charge in [-0.3, -0.25) is 4.79 Å². The molecular formula is C13H19NO. The Labute approximate surface area is 92.5 Å². The molecule has 2 heteroatoms. The summed E-state index contributed by atoms with van der Waals surface area (Å²) in [5.41, 5.74) is 3.46. The van der Waals surface area contributed by atoms with Gasteiger partial charge in [0.05, 0.1) is 0 Å². The predicted molar refractivity (Wildman–Crippen MR) is 66.0 cm³/mol. The monoisotopic (exact) mass is 205 g/mol. The number of nitrogens with one attached hydrogen (secondary N) is 1. The Hall–Kier alpha value is -1.57. The second-order valence-electron chi connectivity index (χ2n) is 3.69. The average Bonchev–Trinajstić information content (AvgIpc) is 2.20. The van der Waals surface area contributed by atoms with Crippen LogP contribution in [0.25, 0.3) is 0 Å². The van der Waals surface area contributed by atoms with Crippen molar-refractivity contribution in [2.45, 2.75) is 27.2 Å². The molecule has 2 nitrogen and oxygen atoms in total. The van der Waals surface area contributed by atoms with Crippen molar-refractivity contribution in [3.8, 4) is 0 Å². The minimum atomic E-state index is -0.0348. The van der Waals surface area contributed by atoms with Crippen LogP contribution in [0, 0.1) is 0 Å². The van der Waals surface area contributed by atoms with Crippen LogP contribution in [0.1, 0.15) is 27.8 Å². The molecule has 1 N–H and O–H groups in total. The fraction of sp³-hybridized carbons (Fsp3) is 0.308. The summed E-state index contributed by atoms with van der Waals surface area (Å²) in [6.07, 6.45) is 3.08. The molecule has 0 aliphatic carbocycles. The lowest BCUT2D eigenvalue weighted by molar-refractivity contribution is -0.114. The molecule has 82 valence electrons. The summed E-state index contributed by atoms with van der Waals surface area (Å²) in [5, 5.41) is 2.75. The highest BCUT2D eigenvalue weighted by molar-refractivity contribution is 5.88. The summed E-state index contributed by atoms with van der Waals surface area (Å²) in [6, 6.07) is 7.94. The quantitative estimate of drug-likeness (QED) is 0.753. The van der Waals surface area contributed by atoms with Gasteiger partial charge >= 0.3 is 0 Å². The number of rotatable bonds is 3. The molecule has 0 fully saturated rings. The first kappa shape index (κ1) is 11.5. The van der Waals surface area contributed by atoms with Crippen LogP contribution in [0.15, 0.2) is 35.9 Å². The third-order valence-corrected chi connectivity index (χ3v) is 2.25. The number of hydrogen-bond acceptors (Lipinski definition) is 1. The fourth-order valence-electron chi connectivity index (χ4n) is 1.33. The van der Waals surface area contributed by atoms with Crippen LogP contribution in [-0.4, -0.2) is 5.91 Å². The summed E-state index contributed by atoms with van der Waals surface area (Å²) < 4.78 is 0. The molecule has 0 aliphatic rings. The van der Waals surface area contributed by atoms with Gasteiger partial charge in [-0.05, 0) is 38.0 Å². The average molecular weight is 205 g/mol. The Morgan fingerprint density at radius 1 is 1.33 bits per heavy atom. The van der Waals surface area contributed by atoms with Crippen LogP contribution in [-0.2, 0) is 11.2 Å². The van der Waals surface area contributed by atoms with Crippen LogP contribution < -0.4 is 5.32 Å². The van der Waals surface area contributed by atoms with E-state index in [0.717, 1.165) is 12.1 Å². The van der Waals surface area contributed by atoms with E-state index in [2.05, 4.69) is 18.3 Å². The molecule has 0 radical (unpaired) electrons. The summed E-state index contributed by atoms with van der Waals surface area (Å²) in [4.78, 5) is 10.8. The van der Waals surface area contributed by atoms with Gasteiger partial charge in [-0.2, -0.15) is 0 Å². The highest BCUT2D eigenvalue weighted by atomic mass is 16.1. The minimum absolute atomic E-state index is 0. The third kappa shape index (κ3) is 3.98. The van der Waals surface area contributed by atoms with Gasteiger partial charge in [0.2, 0.25) is 5.91 Å². The number of carbonyl (C=O) groups excluding carboxylic acids is 1. The van der Waals surface area contributed by atoms with E-state index in [0.29, 0.717) is 0 Å². The number of benzene rings is 1. The van der Waals surface area contributed by atoms with E-state index in [1.54, 1.807) is 0 Å². The van der Waals surface area contributed by atoms with Crippen molar-refractivity contribution < 1.29 is 6.22 Å². The van der Waals surface area contributed by atoms with Crippen molar-refractivity contribution in [1.82, 2.24) is 0 Å². The van der Waals surface area contributed by atoms with Gasteiger partial charge in [0, 0.05) is 14.0 Å². The second-order valence-corrected chi connectivity index (χ2v) is 3.69. The molecule has 1 aromatic carbocycles. The van der Waals surface area contributed by atoms with E-state index < -0.39 is 0 Å². The first-order valence-electron chi connectivity index (χ1n) is 5.10. The van der Waals surface area contributed by atoms with Crippen molar-refractivity contribution in [2.75, 3.05) is 5.32 Å². The Kier molecular flexibility index (Phi) is 4.10. The maximum Gasteiger partial charge on any atom is 0.221 e. The second kappa shape index (κ2) is 5.35. The first-order chi connectivity index (χ1) is 7.11. The van der Waals surface area contributed by atoms with Crippen molar-refractivity contribution >= 4 is 11.6 Å². The van der Waals surface area contributed by atoms with E-state index in [1.165, 1.54) is 18.1 Å². The van der Waals surface area contributed by atoms with E-state index in [1.807, 2.05) is 31.2 Å². The number of carbonyl (C=O) groups is 1. The van der Waals surface area contributed by atoms with Gasteiger partial charge in [0.25, 0.3) is 0 Å². The van der Waals surface area contributed by atoms with Crippen molar-refractivity contribution in [1.29, 1.82) is 0 Å². The standard InChI is InChI=1S/C13H17NO.H2/c1-4-10(2)9-12-5-7-13(8-6-12)14-11(3)15;/h4-8H,9H2,1-3H3,(H,14,15);1H/b10-4-;. The molecule has 0 bridgehead atoms. The van der Waals surface area contributed by atoms with Crippen molar-refractivity contribution in [3.05, 3.63) is 41.5 Å². The zero-order valence-electron chi connectivity index (χ0n) is 9.50. The molecule has 0 saturated carbocycles. The molecule has 0 heterocycles. The number of amides is 1. The molecule has 0 atom stereocenters. The summed E-state index contributed by atoms with van der Waals surface area (Å²) in [6.45, 7) is 5.67. The van der Waals surface area contributed by atoms with Gasteiger partial charge in [-0.15, -0.1) is 0 Å². The summed E-state index contributed by atoms with van der Waals surface area (Å²) in [5.74, 6) is -0.0348. The highest BCUT2D eigenvalue weighted by Gasteiger charge is 1.97. The van der Waals surface area contributed by atoms with E-state index in [-0.39, 0.29) is 7.33 Å². The smallest absolute Gasteiger partial charge is 0.221 e. The van der Waals surface area contributed by atoms with Gasteiger partial charge in [-0.25, -0.2) is 0 Å². The maximum atomic E-state index is 10.8. The maximum absolute atomic E-state index is 10.8. The lowest BCUT2D eigenvalue weighted by Gasteiger charge is -2.04. The molecule has 1 aromatic rings. The molecule has 0 unspecified atom stereocenters. The molecule has 1 rings (SSSR count). The fourth-order valence-corrected chi connectivity index (χ4v) is 1.33. The normalized spacial score (nSPS) is 11.3. The number of hydrogen-bond donors (Lipinski definition) is 1. The number of anilines is 1. The Bertz CT molecular complexity index is 368. The van der Waals surface area contributed by atoms with Crippen molar-refractivity contribution in [2.24, 2.45) is 0 Å². The van der Waals surface area contributed by atoms with Gasteiger partial charge in [0.15, 0.2) is 0 Å². The van der Waals surface area contributed by atoms with Gasteiger partial charge < -0.3 is 5.32 Å². The van der Waals surface area contributed by atoms with E-state index in [9.17, 15) is 4.79 Å². The zero-order chi connectivity index (χ0) is 11.3. The van der Waals surface area contributed by atoms with Crippen LogP contribution in [0.5, 0.6) is 0 Å². The zero-order valence-corrected chi connectivity index (χ0v) is 9.50. The lowest BCUT2D eigenvalue weighted by atomic mass is 10.1. The lowest BCUT2D eigenvalue weighted by Crippen LogP contribution is -2.05. The highest BCUT2D eigenvalue weighted by Crippen LogP contribution is 2.12. The molecular weight excluding hydrogens is 186 g/mol. The van der Waals surface area contributed by atoms with Crippen LogP contribution in [0.3, 0.4) is 0 Å². The predicted octanol–water partition coefficient (Wildman–Crippen LogP) is 3.40. The third-order valence-electron chi connectivity index (χ3n) is 2.25. The molecule has 0 aliphatic heterocycles. The largest absolute Gasteiger partial charge is 0.326 e. The molecule has 0 aromatic heterocycles. The molecule has 0 saturated heterocycles. The molecule has 15 heavy (non-hydrogen) atoms. The Balaban J connectivity index is 0.00000225. The van der Waals surface area contributed by atoms with Crippen LogP contribution in [0.2, 0.25) is 0 Å². The summed E-state index contributed by atoms with van der Waals surface area (Å²) >= 11 is 0. The first-order valence-corrected chi connectivity index (χ1v) is 5.10. The van der Waals surface area contributed by atoms with E-state index in [4.69, 9.17) is 0 Å². The Morgan fingerprint density at radius 2 is 1.93 bits per heavy atom. The van der Waals surface area contributed by atoms with E-state index >= 15 is 0 Å². The van der Waals surface area contributed by atoms with Gasteiger partial charge in [-0.1, -0.05) is 23.8 Å². The van der Waals surface area contributed by atoms with Crippen LogP contribution in [0.4, 0.5) is 5.69 Å². The van der Waals surface area contributed by atoms with Gasteiger partial charge in [0.1, 0.15) is 0 Å². The number of allylic oxidation sites excluding steroid dienone is 2. The summed E-state index contributed by atoms with van der Waals surface area (Å²) in [7, 11) is 0. The van der Waals surface area contributed by atoms with Crippen molar-refractivity contribution in [3.63, 3.8) is 0 Å².